The number of halogens is 4. The molecule has 0 atom stereocenters. The number of nitrogens with one attached hydrogen (secondary N) is 1. The van der Waals surface area contributed by atoms with Crippen LogP contribution in [0.3, 0.4) is 0 Å². The van der Waals surface area contributed by atoms with Gasteiger partial charge < -0.3 is 10.1 Å². The summed E-state index contributed by atoms with van der Waals surface area (Å²) in [5.41, 5.74) is -1.99. The molecule has 0 unspecified atom stereocenters. The maximum Gasteiger partial charge on any atom is 0.435 e. The fourth-order valence-corrected chi connectivity index (χ4v) is 1.68. The van der Waals surface area contributed by atoms with Gasteiger partial charge in [0.05, 0.1) is 18.1 Å². The first kappa shape index (κ1) is 16.7. The number of pyridine rings is 1. The molecule has 0 radical (unpaired) electrons. The van der Waals surface area contributed by atoms with Crippen LogP contribution < -0.4 is 5.32 Å². The first-order valence-electron chi connectivity index (χ1n) is 6.15. The van der Waals surface area contributed by atoms with Crippen molar-refractivity contribution in [3.8, 4) is 11.4 Å². The Hall–Kier alpha value is -2.62. The van der Waals surface area contributed by atoms with E-state index in [1.165, 1.54) is 7.11 Å². The fraction of sp³-hybridized carbons (Fsp3) is 0.231. The van der Waals surface area contributed by atoms with E-state index in [0.717, 1.165) is 24.7 Å². The third-order valence-electron chi connectivity index (χ3n) is 2.57. The van der Waals surface area contributed by atoms with E-state index in [1.807, 2.05) is 5.32 Å². The van der Waals surface area contributed by atoms with Gasteiger partial charge in [0.1, 0.15) is 12.4 Å². The smallest absolute Gasteiger partial charge is 0.375 e. The van der Waals surface area contributed by atoms with Crippen LogP contribution in [0.4, 0.5) is 23.2 Å². The lowest BCUT2D eigenvalue weighted by Crippen LogP contribution is -2.21. The van der Waals surface area contributed by atoms with Crippen LogP contribution in [0.2, 0.25) is 0 Å². The summed E-state index contributed by atoms with van der Waals surface area (Å²) in [4.78, 5) is 22.0. The molecular formula is C13H10F4N4O2. The fourth-order valence-electron chi connectivity index (χ4n) is 1.68. The summed E-state index contributed by atoms with van der Waals surface area (Å²) < 4.78 is 56.9. The average molecular weight is 330 g/mol. The van der Waals surface area contributed by atoms with Crippen LogP contribution in [0.25, 0.3) is 11.4 Å². The number of aromatic nitrogens is 3. The van der Waals surface area contributed by atoms with Gasteiger partial charge in [-0.2, -0.15) is 13.2 Å². The zero-order chi connectivity index (χ0) is 17.0. The van der Waals surface area contributed by atoms with Crippen molar-refractivity contribution in [2.24, 2.45) is 0 Å². The molecule has 2 heterocycles. The second-order valence-corrected chi connectivity index (χ2v) is 4.33. The third-order valence-corrected chi connectivity index (χ3v) is 2.57. The molecule has 0 bridgehead atoms. The Morgan fingerprint density at radius 2 is 2.04 bits per heavy atom. The predicted molar refractivity (Wildman–Crippen MR) is 70.7 cm³/mol. The van der Waals surface area contributed by atoms with E-state index in [0.29, 0.717) is 0 Å². The van der Waals surface area contributed by atoms with Crippen LogP contribution in [0, 0.1) is 5.82 Å². The number of carbonyl (C=O) groups is 1. The molecule has 1 amide bonds. The Labute approximate surface area is 127 Å². The molecule has 2 aromatic heterocycles. The van der Waals surface area contributed by atoms with Crippen molar-refractivity contribution in [1.29, 1.82) is 0 Å². The van der Waals surface area contributed by atoms with Crippen LogP contribution in [0.1, 0.15) is 5.69 Å². The topological polar surface area (TPSA) is 77.0 Å². The summed E-state index contributed by atoms with van der Waals surface area (Å²) in [5.74, 6) is -1.90. The van der Waals surface area contributed by atoms with E-state index in [4.69, 9.17) is 0 Å². The minimum Gasteiger partial charge on any atom is -0.375 e. The van der Waals surface area contributed by atoms with Crippen LogP contribution in [-0.4, -0.2) is 34.6 Å². The largest absolute Gasteiger partial charge is 0.435 e. The van der Waals surface area contributed by atoms with E-state index in [1.54, 1.807) is 0 Å². The van der Waals surface area contributed by atoms with Gasteiger partial charge in [0.2, 0.25) is 5.91 Å². The van der Waals surface area contributed by atoms with Gasteiger partial charge in [-0.25, -0.2) is 14.4 Å². The highest BCUT2D eigenvalue weighted by atomic mass is 19.4. The quantitative estimate of drug-likeness (QED) is 0.871. The number of nitrogens with zero attached hydrogens (tertiary/aromatic N) is 3. The zero-order valence-corrected chi connectivity index (χ0v) is 11.7. The van der Waals surface area contributed by atoms with Gasteiger partial charge in [0.15, 0.2) is 11.5 Å². The second kappa shape index (κ2) is 6.65. The molecule has 0 saturated carbocycles. The molecular weight excluding hydrogens is 320 g/mol. The molecule has 0 aliphatic heterocycles. The van der Waals surface area contributed by atoms with Crippen molar-refractivity contribution in [3.05, 3.63) is 36.2 Å². The number of carbonyl (C=O) groups excluding carboxylic acids is 1. The van der Waals surface area contributed by atoms with Crippen molar-refractivity contribution in [2.75, 3.05) is 19.0 Å². The SMILES string of the molecule is COCC(=O)Nc1cnc(-c2cncc(F)c2)nc1C(F)(F)F. The highest BCUT2D eigenvalue weighted by molar-refractivity contribution is 5.92. The first-order chi connectivity index (χ1) is 10.8. The van der Waals surface area contributed by atoms with Crippen LogP contribution >= 0.6 is 0 Å². The maximum atomic E-state index is 13.1. The standard InChI is InChI=1S/C13H10F4N4O2/c1-23-6-10(22)20-9-5-19-12(21-11(9)13(15,16)17)7-2-8(14)4-18-3-7/h2-5H,6H2,1H3,(H,20,22). The molecule has 2 rings (SSSR count). The highest BCUT2D eigenvalue weighted by Gasteiger charge is 2.37. The Kier molecular flexibility index (Phi) is 4.84. The molecule has 122 valence electrons. The van der Waals surface area contributed by atoms with E-state index in [-0.39, 0.29) is 11.4 Å². The van der Waals surface area contributed by atoms with Crippen molar-refractivity contribution in [1.82, 2.24) is 15.0 Å². The normalized spacial score (nSPS) is 11.3. The van der Waals surface area contributed by atoms with Gasteiger partial charge in [-0.1, -0.05) is 0 Å². The predicted octanol–water partition coefficient (Wildman–Crippen LogP) is 2.28. The van der Waals surface area contributed by atoms with Crippen LogP contribution in [0.15, 0.2) is 24.7 Å². The molecule has 23 heavy (non-hydrogen) atoms. The molecule has 2 aromatic rings. The van der Waals surface area contributed by atoms with Crippen LogP contribution in [0.5, 0.6) is 0 Å². The maximum absolute atomic E-state index is 13.1. The summed E-state index contributed by atoms with van der Waals surface area (Å²) in [5, 5.41) is 2.01. The third kappa shape index (κ3) is 4.19. The lowest BCUT2D eigenvalue weighted by atomic mass is 10.2. The van der Waals surface area contributed by atoms with Gasteiger partial charge in [0.25, 0.3) is 0 Å². The summed E-state index contributed by atoms with van der Waals surface area (Å²) in [7, 11) is 1.22. The number of methoxy groups -OCH3 is 1. The van der Waals surface area contributed by atoms with Gasteiger partial charge in [-0.05, 0) is 6.07 Å². The Morgan fingerprint density at radius 1 is 1.30 bits per heavy atom. The highest BCUT2D eigenvalue weighted by Crippen LogP contribution is 2.34. The number of amides is 1. The van der Waals surface area contributed by atoms with Gasteiger partial charge >= 0.3 is 6.18 Å². The van der Waals surface area contributed by atoms with Gasteiger partial charge in [0, 0.05) is 18.9 Å². The minimum absolute atomic E-state index is 0.0229. The molecule has 0 fully saturated rings. The lowest BCUT2D eigenvalue weighted by molar-refractivity contribution is -0.140. The first-order valence-corrected chi connectivity index (χ1v) is 6.15. The molecule has 10 heteroatoms. The Morgan fingerprint density at radius 3 is 2.65 bits per heavy atom. The van der Waals surface area contributed by atoms with E-state index in [2.05, 4.69) is 19.7 Å². The number of anilines is 1. The summed E-state index contributed by atoms with van der Waals surface area (Å²) in [6.07, 6.45) is -2.02. The Bertz CT molecular complexity index is 721. The van der Waals surface area contributed by atoms with Crippen molar-refractivity contribution >= 4 is 11.6 Å². The molecule has 0 aliphatic rings. The summed E-state index contributed by atoms with van der Waals surface area (Å²) >= 11 is 0. The number of hydrogen-bond donors (Lipinski definition) is 1. The average Bonchev–Trinajstić information content (AvgIpc) is 2.46. The molecule has 0 spiro atoms. The zero-order valence-electron chi connectivity index (χ0n) is 11.7. The molecule has 0 aromatic carbocycles. The number of hydrogen-bond acceptors (Lipinski definition) is 5. The minimum atomic E-state index is -4.84. The van der Waals surface area contributed by atoms with Crippen molar-refractivity contribution < 1.29 is 27.1 Å². The Balaban J connectivity index is 2.44. The van der Waals surface area contributed by atoms with Crippen molar-refractivity contribution in [3.63, 3.8) is 0 Å². The summed E-state index contributed by atoms with van der Waals surface area (Å²) in [6.45, 7) is -0.424. The monoisotopic (exact) mass is 330 g/mol. The van der Waals surface area contributed by atoms with E-state index in [9.17, 15) is 22.4 Å². The van der Waals surface area contributed by atoms with E-state index >= 15 is 0 Å². The molecule has 1 N–H and O–H groups in total. The molecule has 0 saturated heterocycles. The number of rotatable bonds is 4. The summed E-state index contributed by atoms with van der Waals surface area (Å²) in [6, 6.07) is 0.950. The number of ether oxygens (including phenoxy) is 1. The van der Waals surface area contributed by atoms with Crippen LogP contribution in [-0.2, 0) is 15.7 Å². The lowest BCUT2D eigenvalue weighted by Gasteiger charge is -2.13. The number of alkyl halides is 3. The second-order valence-electron chi connectivity index (χ2n) is 4.33. The molecule has 0 aliphatic carbocycles. The van der Waals surface area contributed by atoms with Gasteiger partial charge in [-0.15, -0.1) is 0 Å². The van der Waals surface area contributed by atoms with E-state index < -0.39 is 35.9 Å². The van der Waals surface area contributed by atoms with Gasteiger partial charge in [-0.3, -0.25) is 9.78 Å². The van der Waals surface area contributed by atoms with Crippen molar-refractivity contribution in [2.45, 2.75) is 6.18 Å². The molecule has 6 nitrogen and oxygen atoms in total.